The van der Waals surface area contributed by atoms with Crippen molar-refractivity contribution in [3.63, 3.8) is 0 Å². The first kappa shape index (κ1) is 8.93. The molecule has 12 heavy (non-hydrogen) atoms. The van der Waals surface area contributed by atoms with Crippen LogP contribution in [0.25, 0.3) is 0 Å². The van der Waals surface area contributed by atoms with Gasteiger partial charge in [-0.25, -0.2) is 0 Å². The summed E-state index contributed by atoms with van der Waals surface area (Å²) in [6, 6.07) is 3.63. The van der Waals surface area contributed by atoms with Crippen LogP contribution in [0.1, 0.15) is 6.92 Å². The number of anilines is 1. The second-order valence-corrected chi connectivity index (χ2v) is 3.30. The van der Waals surface area contributed by atoms with E-state index in [2.05, 4.69) is 0 Å². The molecule has 4 heteroatoms. The highest BCUT2D eigenvalue weighted by Crippen LogP contribution is 2.19. The maximum absolute atomic E-state index is 11.1. The zero-order chi connectivity index (χ0) is 9.14. The van der Waals surface area contributed by atoms with Crippen LogP contribution in [0, 0.1) is 0 Å². The van der Waals surface area contributed by atoms with Crippen LogP contribution in [0.3, 0.4) is 0 Å². The molecule has 64 valence electrons. The van der Waals surface area contributed by atoms with Crippen LogP contribution in [0.4, 0.5) is 5.00 Å². The van der Waals surface area contributed by atoms with Crippen molar-refractivity contribution in [2.45, 2.75) is 6.92 Å². The van der Waals surface area contributed by atoms with Gasteiger partial charge in [0.1, 0.15) is 0 Å². The molecule has 0 bridgehead atoms. The summed E-state index contributed by atoms with van der Waals surface area (Å²) >= 11 is 1.43. The van der Waals surface area contributed by atoms with Gasteiger partial charge in [0.15, 0.2) is 0 Å². The van der Waals surface area contributed by atoms with Crippen LogP contribution in [-0.2, 0) is 9.59 Å². The van der Waals surface area contributed by atoms with Crippen LogP contribution >= 0.6 is 11.3 Å². The quantitative estimate of drug-likeness (QED) is 0.648. The lowest BCUT2D eigenvalue weighted by atomic mass is 10.4. The lowest BCUT2D eigenvalue weighted by Gasteiger charge is -2.11. The van der Waals surface area contributed by atoms with E-state index in [-0.39, 0.29) is 0 Å². The first-order valence-corrected chi connectivity index (χ1v) is 4.33. The van der Waals surface area contributed by atoms with E-state index in [1.54, 1.807) is 13.1 Å². The lowest BCUT2D eigenvalue weighted by Crippen LogP contribution is -2.30. The summed E-state index contributed by atoms with van der Waals surface area (Å²) in [5.41, 5.74) is 0. The number of carbonyl (C=O) groups excluding carboxylic acids is 2. The van der Waals surface area contributed by atoms with Crippen molar-refractivity contribution in [1.82, 2.24) is 0 Å². The third kappa shape index (κ3) is 1.71. The summed E-state index contributed by atoms with van der Waals surface area (Å²) in [6.07, 6.45) is 0. The van der Waals surface area contributed by atoms with Gasteiger partial charge >= 0.3 is 0 Å². The van der Waals surface area contributed by atoms with Crippen LogP contribution in [0.15, 0.2) is 17.5 Å². The first-order valence-electron chi connectivity index (χ1n) is 3.45. The number of rotatable bonds is 2. The molecule has 0 aliphatic carbocycles. The SMILES string of the molecule is CC(=O)C(=O)N(C)c1cccs1. The summed E-state index contributed by atoms with van der Waals surface area (Å²) < 4.78 is 0. The molecule has 0 fully saturated rings. The number of nitrogens with zero attached hydrogens (tertiary/aromatic N) is 1. The predicted octanol–water partition coefficient (Wildman–Crippen LogP) is 1.30. The largest absolute Gasteiger partial charge is 0.300 e. The monoisotopic (exact) mass is 183 g/mol. The molecule has 1 rings (SSSR count). The fourth-order valence-electron chi connectivity index (χ4n) is 0.797. The van der Waals surface area contributed by atoms with Crippen LogP contribution in [0.5, 0.6) is 0 Å². The van der Waals surface area contributed by atoms with Gasteiger partial charge in [-0.05, 0) is 17.5 Å². The van der Waals surface area contributed by atoms with Crippen molar-refractivity contribution in [2.24, 2.45) is 0 Å². The van der Waals surface area contributed by atoms with E-state index in [1.807, 2.05) is 11.4 Å². The first-order chi connectivity index (χ1) is 5.63. The molecule has 0 N–H and O–H groups in total. The van der Waals surface area contributed by atoms with Crippen LogP contribution in [-0.4, -0.2) is 18.7 Å². The van der Waals surface area contributed by atoms with Gasteiger partial charge in [-0.1, -0.05) is 0 Å². The zero-order valence-corrected chi connectivity index (χ0v) is 7.72. The molecule has 1 aromatic rings. The second kappa shape index (κ2) is 3.49. The normalized spacial score (nSPS) is 9.50. The number of amides is 1. The number of hydrogen-bond acceptors (Lipinski definition) is 3. The highest BCUT2D eigenvalue weighted by atomic mass is 32.1. The van der Waals surface area contributed by atoms with Crippen LogP contribution < -0.4 is 4.90 Å². The second-order valence-electron chi connectivity index (χ2n) is 2.37. The molecule has 0 unspecified atom stereocenters. The maximum Gasteiger partial charge on any atom is 0.294 e. The minimum Gasteiger partial charge on any atom is -0.300 e. The fraction of sp³-hybridized carbons (Fsp3) is 0.250. The zero-order valence-electron chi connectivity index (χ0n) is 6.90. The topological polar surface area (TPSA) is 37.4 Å². The molecule has 0 saturated carbocycles. The van der Waals surface area contributed by atoms with Crippen molar-refractivity contribution in [2.75, 3.05) is 11.9 Å². The summed E-state index contributed by atoms with van der Waals surface area (Å²) in [5, 5.41) is 2.65. The Morgan fingerprint density at radius 3 is 2.58 bits per heavy atom. The summed E-state index contributed by atoms with van der Waals surface area (Å²) in [6.45, 7) is 1.27. The standard InChI is InChI=1S/C8H9NO2S/c1-6(10)8(11)9(2)7-4-3-5-12-7/h3-5H,1-2H3. The smallest absolute Gasteiger partial charge is 0.294 e. The van der Waals surface area contributed by atoms with Crippen molar-refractivity contribution in [1.29, 1.82) is 0 Å². The molecule has 0 atom stereocenters. The van der Waals surface area contributed by atoms with E-state index in [9.17, 15) is 9.59 Å². The number of ketones is 1. The molecule has 1 heterocycles. The minimum atomic E-state index is -0.475. The van der Waals surface area contributed by atoms with E-state index in [0.29, 0.717) is 0 Å². The molecular weight excluding hydrogens is 174 g/mol. The Hall–Kier alpha value is -1.16. The van der Waals surface area contributed by atoms with Crippen molar-refractivity contribution in [3.05, 3.63) is 17.5 Å². The van der Waals surface area contributed by atoms with Gasteiger partial charge in [0.2, 0.25) is 5.78 Å². The lowest BCUT2D eigenvalue weighted by molar-refractivity contribution is -0.134. The molecule has 0 aromatic carbocycles. The molecule has 0 aliphatic heterocycles. The number of hydrogen-bond donors (Lipinski definition) is 0. The van der Waals surface area contributed by atoms with E-state index >= 15 is 0 Å². The van der Waals surface area contributed by atoms with Gasteiger partial charge in [-0.2, -0.15) is 0 Å². The van der Waals surface area contributed by atoms with Gasteiger partial charge in [0.05, 0.1) is 5.00 Å². The van der Waals surface area contributed by atoms with Crippen molar-refractivity contribution in [3.8, 4) is 0 Å². The average molecular weight is 183 g/mol. The predicted molar refractivity (Wildman–Crippen MR) is 48.4 cm³/mol. The Kier molecular flexibility index (Phi) is 2.60. The molecule has 0 saturated heterocycles. The minimum absolute atomic E-state index is 0.439. The van der Waals surface area contributed by atoms with Crippen molar-refractivity contribution >= 4 is 28.0 Å². The Balaban J connectivity index is 2.79. The fourth-order valence-corrected chi connectivity index (χ4v) is 1.49. The Morgan fingerprint density at radius 2 is 2.17 bits per heavy atom. The summed E-state index contributed by atoms with van der Waals surface area (Å²) in [5.74, 6) is -0.914. The van der Waals surface area contributed by atoms with E-state index < -0.39 is 11.7 Å². The summed E-state index contributed by atoms with van der Waals surface area (Å²) in [4.78, 5) is 23.2. The van der Waals surface area contributed by atoms with Gasteiger partial charge < -0.3 is 4.90 Å². The third-order valence-corrected chi connectivity index (χ3v) is 2.39. The van der Waals surface area contributed by atoms with Gasteiger partial charge in [-0.15, -0.1) is 11.3 Å². The van der Waals surface area contributed by atoms with E-state index in [0.717, 1.165) is 5.00 Å². The van der Waals surface area contributed by atoms with Gasteiger partial charge in [0.25, 0.3) is 5.91 Å². The average Bonchev–Trinajstić information content (AvgIpc) is 2.53. The number of Topliss-reactive ketones (excluding diaryl/α,β-unsaturated/α-hetero) is 1. The molecule has 1 amide bonds. The Bertz CT molecular complexity index is 292. The van der Waals surface area contributed by atoms with Gasteiger partial charge in [-0.3, -0.25) is 9.59 Å². The Labute approximate surface area is 74.6 Å². The molecule has 0 aliphatic rings. The van der Waals surface area contributed by atoms with Gasteiger partial charge in [0, 0.05) is 14.0 Å². The number of thiophene rings is 1. The Morgan fingerprint density at radius 1 is 1.50 bits per heavy atom. The number of carbonyl (C=O) groups is 2. The van der Waals surface area contributed by atoms with E-state index in [4.69, 9.17) is 0 Å². The number of likely N-dealkylation sites (N-methyl/N-ethyl adjacent to an activating group) is 1. The molecule has 0 spiro atoms. The highest BCUT2D eigenvalue weighted by molar-refractivity contribution is 7.14. The molecule has 3 nitrogen and oxygen atoms in total. The molecular formula is C8H9NO2S. The molecule has 0 radical (unpaired) electrons. The maximum atomic E-state index is 11.1. The molecule has 1 aromatic heterocycles. The summed E-state index contributed by atoms with van der Waals surface area (Å²) in [7, 11) is 1.59. The van der Waals surface area contributed by atoms with E-state index in [1.165, 1.54) is 23.2 Å². The third-order valence-electron chi connectivity index (χ3n) is 1.44. The highest BCUT2D eigenvalue weighted by Gasteiger charge is 2.15. The van der Waals surface area contributed by atoms with Crippen LogP contribution in [0.2, 0.25) is 0 Å². The van der Waals surface area contributed by atoms with Crippen molar-refractivity contribution < 1.29 is 9.59 Å².